The van der Waals surface area contributed by atoms with Crippen LogP contribution in [0.5, 0.6) is 0 Å². The Bertz CT molecular complexity index is 993. The standard InChI is InChI=1S/C20H21BrFN5OS/c1-12(2)18(13-7-9-14(22)10-8-13)24-17(28)11-29-20-26-25-19(27(20)23)15-5-3-4-6-16(15)21/h3-10,12,18H,11,23H2,1-2H3,(H,24,28). The fourth-order valence-corrected chi connectivity index (χ4v) is 3.98. The number of rotatable bonds is 7. The van der Waals surface area contributed by atoms with E-state index in [4.69, 9.17) is 5.84 Å². The quantitative estimate of drug-likeness (QED) is 0.394. The second kappa shape index (κ2) is 9.41. The van der Waals surface area contributed by atoms with Crippen LogP contribution in [0.3, 0.4) is 0 Å². The van der Waals surface area contributed by atoms with Crippen LogP contribution in [0.1, 0.15) is 25.5 Å². The largest absolute Gasteiger partial charge is 0.348 e. The number of nitrogens with zero attached hydrogens (tertiary/aromatic N) is 3. The molecule has 0 aliphatic rings. The molecule has 0 radical (unpaired) electrons. The van der Waals surface area contributed by atoms with Crippen molar-refractivity contribution in [3.8, 4) is 11.4 Å². The highest BCUT2D eigenvalue weighted by molar-refractivity contribution is 9.10. The van der Waals surface area contributed by atoms with Gasteiger partial charge in [-0.25, -0.2) is 9.07 Å². The lowest BCUT2D eigenvalue weighted by Gasteiger charge is -2.23. The summed E-state index contributed by atoms with van der Waals surface area (Å²) >= 11 is 4.68. The van der Waals surface area contributed by atoms with Crippen molar-refractivity contribution >= 4 is 33.6 Å². The summed E-state index contributed by atoms with van der Waals surface area (Å²) in [6, 6.07) is 13.5. The van der Waals surface area contributed by atoms with E-state index in [2.05, 4.69) is 31.4 Å². The van der Waals surface area contributed by atoms with Gasteiger partial charge in [-0.15, -0.1) is 10.2 Å². The molecule has 1 heterocycles. The Hall–Kier alpha value is -2.39. The molecule has 0 spiro atoms. The lowest BCUT2D eigenvalue weighted by Crippen LogP contribution is -2.33. The zero-order chi connectivity index (χ0) is 21.0. The summed E-state index contributed by atoms with van der Waals surface area (Å²) in [6.45, 7) is 4.00. The molecule has 0 fully saturated rings. The number of nitrogen functional groups attached to an aromatic ring is 1. The third-order valence-corrected chi connectivity index (χ3v) is 5.96. The number of carbonyl (C=O) groups excluding carboxylic acids is 1. The second-order valence-corrected chi connectivity index (χ2v) is 8.58. The lowest BCUT2D eigenvalue weighted by molar-refractivity contribution is -0.119. The Labute approximate surface area is 181 Å². The first-order valence-corrected chi connectivity index (χ1v) is 10.8. The number of amides is 1. The van der Waals surface area contributed by atoms with Gasteiger partial charge in [-0.1, -0.05) is 65.8 Å². The predicted molar refractivity (Wildman–Crippen MR) is 116 cm³/mol. The van der Waals surface area contributed by atoms with Gasteiger partial charge in [0.25, 0.3) is 0 Å². The molecule has 1 aromatic heterocycles. The molecule has 6 nitrogen and oxygen atoms in total. The second-order valence-electron chi connectivity index (χ2n) is 6.79. The molecule has 0 aliphatic carbocycles. The van der Waals surface area contributed by atoms with Gasteiger partial charge in [0.1, 0.15) is 5.82 Å². The number of nitrogens with one attached hydrogen (secondary N) is 1. The van der Waals surface area contributed by atoms with Crippen molar-refractivity contribution in [2.45, 2.75) is 25.0 Å². The highest BCUT2D eigenvalue weighted by Crippen LogP contribution is 2.28. The fraction of sp³-hybridized carbons (Fsp3) is 0.250. The van der Waals surface area contributed by atoms with Crippen molar-refractivity contribution in [1.82, 2.24) is 20.2 Å². The third kappa shape index (κ3) is 5.16. The van der Waals surface area contributed by atoms with Crippen LogP contribution in [-0.4, -0.2) is 26.5 Å². The summed E-state index contributed by atoms with van der Waals surface area (Å²) in [4.78, 5) is 12.5. The molecule has 1 atom stereocenters. The number of thioether (sulfide) groups is 1. The van der Waals surface area contributed by atoms with Crippen molar-refractivity contribution in [3.05, 3.63) is 64.4 Å². The van der Waals surface area contributed by atoms with Gasteiger partial charge in [0.2, 0.25) is 11.1 Å². The number of nitrogens with two attached hydrogens (primary N) is 1. The molecule has 152 valence electrons. The van der Waals surface area contributed by atoms with E-state index < -0.39 is 0 Å². The normalized spacial score (nSPS) is 12.2. The van der Waals surface area contributed by atoms with Gasteiger partial charge in [-0.05, 0) is 35.7 Å². The van der Waals surface area contributed by atoms with Crippen LogP contribution >= 0.6 is 27.7 Å². The Morgan fingerprint density at radius 1 is 1.21 bits per heavy atom. The maximum Gasteiger partial charge on any atom is 0.230 e. The van der Waals surface area contributed by atoms with Gasteiger partial charge in [0.05, 0.1) is 11.8 Å². The highest BCUT2D eigenvalue weighted by atomic mass is 79.9. The molecule has 3 aromatic rings. The van der Waals surface area contributed by atoms with Crippen LogP contribution in [0.2, 0.25) is 0 Å². The fourth-order valence-electron chi connectivity index (χ4n) is 2.85. The van der Waals surface area contributed by atoms with E-state index in [-0.39, 0.29) is 29.4 Å². The summed E-state index contributed by atoms with van der Waals surface area (Å²) in [5.74, 6) is 6.45. The minimum Gasteiger partial charge on any atom is -0.348 e. The van der Waals surface area contributed by atoms with Crippen LogP contribution in [-0.2, 0) is 4.79 Å². The highest BCUT2D eigenvalue weighted by Gasteiger charge is 2.20. The average molecular weight is 478 g/mol. The van der Waals surface area contributed by atoms with Gasteiger partial charge in [-0.2, -0.15) is 0 Å². The molecule has 9 heteroatoms. The van der Waals surface area contributed by atoms with Crippen molar-refractivity contribution in [1.29, 1.82) is 0 Å². The molecule has 1 amide bonds. The molecular formula is C20H21BrFN5OS. The van der Waals surface area contributed by atoms with E-state index in [1.54, 1.807) is 12.1 Å². The van der Waals surface area contributed by atoms with Crippen molar-refractivity contribution in [2.75, 3.05) is 11.6 Å². The molecule has 3 rings (SSSR count). The summed E-state index contributed by atoms with van der Waals surface area (Å²) < 4.78 is 15.4. The minimum atomic E-state index is -0.304. The van der Waals surface area contributed by atoms with Crippen LogP contribution in [0.25, 0.3) is 11.4 Å². The maximum absolute atomic E-state index is 13.2. The van der Waals surface area contributed by atoms with E-state index >= 15 is 0 Å². The SMILES string of the molecule is CC(C)C(NC(=O)CSc1nnc(-c2ccccc2Br)n1N)c1ccc(F)cc1. The van der Waals surface area contributed by atoms with E-state index in [1.807, 2.05) is 38.1 Å². The van der Waals surface area contributed by atoms with Gasteiger partial charge in [0, 0.05) is 10.0 Å². The molecule has 1 unspecified atom stereocenters. The first kappa shape index (κ1) is 21.3. The number of hydrogen-bond donors (Lipinski definition) is 2. The number of carbonyl (C=O) groups is 1. The molecule has 0 bridgehead atoms. The zero-order valence-electron chi connectivity index (χ0n) is 16.0. The Morgan fingerprint density at radius 3 is 2.55 bits per heavy atom. The average Bonchev–Trinajstić information content (AvgIpc) is 3.06. The van der Waals surface area contributed by atoms with Crippen LogP contribution in [0, 0.1) is 11.7 Å². The van der Waals surface area contributed by atoms with Crippen LogP contribution in [0.4, 0.5) is 4.39 Å². The van der Waals surface area contributed by atoms with Gasteiger partial charge >= 0.3 is 0 Å². The van der Waals surface area contributed by atoms with E-state index in [1.165, 1.54) is 28.6 Å². The molecule has 3 N–H and O–H groups in total. The summed E-state index contributed by atoms with van der Waals surface area (Å²) in [5.41, 5.74) is 1.67. The number of benzene rings is 2. The number of hydrogen-bond acceptors (Lipinski definition) is 5. The zero-order valence-corrected chi connectivity index (χ0v) is 18.4. The van der Waals surface area contributed by atoms with Gasteiger partial charge in [-0.3, -0.25) is 4.79 Å². The Kier molecular flexibility index (Phi) is 6.92. The molecule has 0 saturated carbocycles. The molecular weight excluding hydrogens is 457 g/mol. The maximum atomic E-state index is 13.2. The van der Waals surface area contributed by atoms with Crippen molar-refractivity contribution in [2.24, 2.45) is 5.92 Å². The molecule has 2 aromatic carbocycles. The van der Waals surface area contributed by atoms with Gasteiger partial charge in [0.15, 0.2) is 5.82 Å². The number of aromatic nitrogens is 3. The van der Waals surface area contributed by atoms with E-state index in [0.29, 0.717) is 11.0 Å². The predicted octanol–water partition coefficient (Wildman–Crippen LogP) is 4.17. The summed E-state index contributed by atoms with van der Waals surface area (Å²) in [7, 11) is 0. The Morgan fingerprint density at radius 2 is 1.90 bits per heavy atom. The van der Waals surface area contributed by atoms with E-state index in [0.717, 1.165) is 15.6 Å². The van der Waals surface area contributed by atoms with Crippen molar-refractivity contribution in [3.63, 3.8) is 0 Å². The minimum absolute atomic E-state index is 0.135. The monoisotopic (exact) mass is 477 g/mol. The number of halogens is 2. The Balaban J connectivity index is 1.66. The topological polar surface area (TPSA) is 85.8 Å². The first-order valence-electron chi connectivity index (χ1n) is 9.00. The molecule has 0 saturated heterocycles. The van der Waals surface area contributed by atoms with Gasteiger partial charge < -0.3 is 11.2 Å². The van der Waals surface area contributed by atoms with E-state index in [9.17, 15) is 9.18 Å². The van der Waals surface area contributed by atoms with Crippen LogP contribution in [0.15, 0.2) is 58.2 Å². The van der Waals surface area contributed by atoms with Crippen LogP contribution < -0.4 is 11.2 Å². The smallest absolute Gasteiger partial charge is 0.230 e. The summed E-state index contributed by atoms with van der Waals surface area (Å²) in [6.07, 6.45) is 0. The molecule has 29 heavy (non-hydrogen) atoms. The lowest BCUT2D eigenvalue weighted by atomic mass is 9.96. The van der Waals surface area contributed by atoms with Crippen molar-refractivity contribution < 1.29 is 9.18 Å². The first-order chi connectivity index (χ1) is 13.9. The molecule has 0 aliphatic heterocycles. The third-order valence-electron chi connectivity index (χ3n) is 4.32. The summed E-state index contributed by atoms with van der Waals surface area (Å²) in [5, 5.41) is 11.7.